The Morgan fingerprint density at radius 2 is 2.23 bits per heavy atom. The second kappa shape index (κ2) is 3.46. The first-order valence-electron chi connectivity index (χ1n) is 4.45. The second-order valence-electron chi connectivity index (χ2n) is 3.50. The van der Waals surface area contributed by atoms with Gasteiger partial charge in [-0.2, -0.15) is 0 Å². The van der Waals surface area contributed by atoms with Crippen molar-refractivity contribution in [3.63, 3.8) is 0 Å². The minimum Gasteiger partial charge on any atom is -0.507 e. The molecule has 13 heavy (non-hydrogen) atoms. The van der Waals surface area contributed by atoms with Gasteiger partial charge in [-0.05, 0) is 65.1 Å². The fraction of sp³-hybridized carbons (Fsp3) is 0.400. The van der Waals surface area contributed by atoms with Gasteiger partial charge in [0.2, 0.25) is 0 Å². The summed E-state index contributed by atoms with van der Waals surface area (Å²) < 4.78 is 0.922. The average Bonchev–Trinajstić information content (AvgIpc) is 2.09. The molecule has 1 atom stereocenters. The Balaban J connectivity index is 2.52. The Labute approximate surface area is 91.3 Å². The monoisotopic (exact) mass is 289 g/mol. The molecular formula is C10H12INO. The second-order valence-corrected chi connectivity index (χ2v) is 4.66. The largest absolute Gasteiger partial charge is 0.507 e. The van der Waals surface area contributed by atoms with Gasteiger partial charge in [0.05, 0.1) is 3.57 Å². The molecule has 0 aromatic heterocycles. The molecule has 2 nitrogen and oxygen atoms in total. The molecule has 0 spiro atoms. The number of nitrogens with two attached hydrogens (primary N) is 1. The molecule has 0 heterocycles. The van der Waals surface area contributed by atoms with Gasteiger partial charge in [-0.25, -0.2) is 0 Å². The third kappa shape index (κ3) is 1.67. The van der Waals surface area contributed by atoms with Gasteiger partial charge in [0, 0.05) is 6.04 Å². The lowest BCUT2D eigenvalue weighted by Gasteiger charge is -2.22. The summed E-state index contributed by atoms with van der Waals surface area (Å²) in [4.78, 5) is 0. The van der Waals surface area contributed by atoms with E-state index in [2.05, 4.69) is 22.6 Å². The Morgan fingerprint density at radius 1 is 1.46 bits per heavy atom. The number of fused-ring (bicyclic) bond motifs is 1. The quantitative estimate of drug-likeness (QED) is 0.720. The standard InChI is InChI=1S/C10H12INO/c11-8-4-6-2-1-3-9(12)7(6)5-10(8)13/h4-5,9,13H,1-3,12H2. The Kier molecular flexibility index (Phi) is 2.47. The Morgan fingerprint density at radius 3 is 3.00 bits per heavy atom. The van der Waals surface area contributed by atoms with Gasteiger partial charge in [0.1, 0.15) is 5.75 Å². The molecule has 2 rings (SSSR count). The van der Waals surface area contributed by atoms with E-state index in [-0.39, 0.29) is 6.04 Å². The van der Waals surface area contributed by atoms with Crippen LogP contribution in [-0.2, 0) is 6.42 Å². The molecule has 0 amide bonds. The van der Waals surface area contributed by atoms with E-state index in [1.165, 1.54) is 5.56 Å². The van der Waals surface area contributed by atoms with Crippen LogP contribution in [0.5, 0.6) is 5.75 Å². The summed E-state index contributed by atoms with van der Waals surface area (Å²) in [5, 5.41) is 9.53. The van der Waals surface area contributed by atoms with Crippen LogP contribution in [-0.4, -0.2) is 5.11 Å². The number of hydrogen-bond acceptors (Lipinski definition) is 2. The van der Waals surface area contributed by atoms with E-state index in [0.717, 1.165) is 28.4 Å². The van der Waals surface area contributed by atoms with Crippen LogP contribution in [0.3, 0.4) is 0 Å². The molecule has 3 heteroatoms. The molecule has 1 aliphatic carbocycles. The average molecular weight is 289 g/mol. The minimum absolute atomic E-state index is 0.117. The number of benzene rings is 1. The van der Waals surface area contributed by atoms with Gasteiger partial charge in [-0.3, -0.25) is 0 Å². The molecule has 1 aromatic rings. The van der Waals surface area contributed by atoms with Crippen molar-refractivity contribution in [2.45, 2.75) is 25.3 Å². The first kappa shape index (κ1) is 9.27. The maximum absolute atomic E-state index is 9.53. The van der Waals surface area contributed by atoms with Crippen LogP contribution in [0.1, 0.15) is 30.0 Å². The van der Waals surface area contributed by atoms with E-state index in [1.807, 2.05) is 12.1 Å². The van der Waals surface area contributed by atoms with E-state index < -0.39 is 0 Å². The van der Waals surface area contributed by atoms with Gasteiger partial charge in [-0.1, -0.05) is 0 Å². The van der Waals surface area contributed by atoms with Crippen LogP contribution >= 0.6 is 22.6 Å². The maximum Gasteiger partial charge on any atom is 0.129 e. The summed E-state index contributed by atoms with van der Waals surface area (Å²) in [6.45, 7) is 0. The van der Waals surface area contributed by atoms with E-state index in [1.54, 1.807) is 0 Å². The van der Waals surface area contributed by atoms with Crippen LogP contribution < -0.4 is 5.73 Å². The normalized spacial score (nSPS) is 21.2. The predicted octanol–water partition coefficient (Wildman–Crippen LogP) is 2.33. The summed E-state index contributed by atoms with van der Waals surface area (Å²) in [6, 6.07) is 3.98. The molecule has 1 unspecified atom stereocenters. The summed E-state index contributed by atoms with van der Waals surface area (Å²) in [6.07, 6.45) is 3.29. The molecule has 0 saturated heterocycles. The Hall–Kier alpha value is -0.290. The summed E-state index contributed by atoms with van der Waals surface area (Å²) in [5.74, 6) is 0.358. The molecule has 0 aliphatic heterocycles. The predicted molar refractivity (Wildman–Crippen MR) is 60.7 cm³/mol. The van der Waals surface area contributed by atoms with Gasteiger partial charge in [0.15, 0.2) is 0 Å². The third-order valence-corrected chi connectivity index (χ3v) is 3.43. The molecule has 0 radical (unpaired) electrons. The highest BCUT2D eigenvalue weighted by Gasteiger charge is 2.18. The summed E-state index contributed by atoms with van der Waals surface area (Å²) in [5.41, 5.74) is 8.39. The van der Waals surface area contributed by atoms with Crippen LogP contribution in [0.15, 0.2) is 12.1 Å². The van der Waals surface area contributed by atoms with Crippen LogP contribution in [0, 0.1) is 3.57 Å². The zero-order valence-electron chi connectivity index (χ0n) is 7.26. The van der Waals surface area contributed by atoms with E-state index in [4.69, 9.17) is 5.73 Å². The molecular weight excluding hydrogens is 277 g/mol. The minimum atomic E-state index is 0.117. The number of hydrogen-bond donors (Lipinski definition) is 2. The van der Waals surface area contributed by atoms with E-state index in [9.17, 15) is 5.11 Å². The van der Waals surface area contributed by atoms with Crippen molar-refractivity contribution in [2.75, 3.05) is 0 Å². The molecule has 1 aromatic carbocycles. The molecule has 1 aliphatic rings. The lowest BCUT2D eigenvalue weighted by molar-refractivity contribution is 0.466. The fourth-order valence-electron chi connectivity index (χ4n) is 1.85. The van der Waals surface area contributed by atoms with Crippen LogP contribution in [0.25, 0.3) is 0 Å². The maximum atomic E-state index is 9.53. The van der Waals surface area contributed by atoms with Crippen molar-refractivity contribution in [3.8, 4) is 5.75 Å². The number of aryl methyl sites for hydroxylation is 1. The van der Waals surface area contributed by atoms with Crippen molar-refractivity contribution >= 4 is 22.6 Å². The fourth-order valence-corrected chi connectivity index (χ4v) is 2.38. The van der Waals surface area contributed by atoms with E-state index in [0.29, 0.717) is 5.75 Å². The molecule has 3 N–H and O–H groups in total. The van der Waals surface area contributed by atoms with Crippen molar-refractivity contribution in [3.05, 3.63) is 26.8 Å². The smallest absolute Gasteiger partial charge is 0.129 e. The highest BCUT2D eigenvalue weighted by molar-refractivity contribution is 14.1. The Bertz CT molecular complexity index is 338. The lowest BCUT2D eigenvalue weighted by atomic mass is 9.88. The number of phenolic OH excluding ortho intramolecular Hbond substituents is 1. The summed E-state index contributed by atoms with van der Waals surface area (Å²) in [7, 11) is 0. The number of aromatic hydroxyl groups is 1. The zero-order chi connectivity index (χ0) is 9.42. The molecule has 0 saturated carbocycles. The first-order valence-corrected chi connectivity index (χ1v) is 5.53. The lowest BCUT2D eigenvalue weighted by Crippen LogP contribution is -2.17. The van der Waals surface area contributed by atoms with Crippen molar-refractivity contribution in [2.24, 2.45) is 5.73 Å². The number of rotatable bonds is 0. The van der Waals surface area contributed by atoms with Crippen molar-refractivity contribution in [1.29, 1.82) is 0 Å². The third-order valence-electron chi connectivity index (χ3n) is 2.57. The summed E-state index contributed by atoms with van der Waals surface area (Å²) >= 11 is 2.15. The van der Waals surface area contributed by atoms with E-state index >= 15 is 0 Å². The van der Waals surface area contributed by atoms with Gasteiger partial charge in [0.25, 0.3) is 0 Å². The number of phenols is 1. The van der Waals surface area contributed by atoms with Crippen LogP contribution in [0.4, 0.5) is 0 Å². The van der Waals surface area contributed by atoms with Gasteiger partial charge >= 0.3 is 0 Å². The molecule has 0 fully saturated rings. The zero-order valence-corrected chi connectivity index (χ0v) is 9.41. The molecule has 70 valence electrons. The molecule has 0 bridgehead atoms. The number of halogens is 1. The SMILES string of the molecule is NC1CCCc2cc(I)c(O)cc21. The van der Waals surface area contributed by atoms with Crippen LogP contribution in [0.2, 0.25) is 0 Å². The van der Waals surface area contributed by atoms with Gasteiger partial charge in [-0.15, -0.1) is 0 Å². The first-order chi connectivity index (χ1) is 6.18. The van der Waals surface area contributed by atoms with Gasteiger partial charge < -0.3 is 10.8 Å². The van der Waals surface area contributed by atoms with Crippen molar-refractivity contribution in [1.82, 2.24) is 0 Å². The topological polar surface area (TPSA) is 46.2 Å². The highest BCUT2D eigenvalue weighted by Crippen LogP contribution is 2.33. The highest BCUT2D eigenvalue weighted by atomic mass is 127. The van der Waals surface area contributed by atoms with Crippen molar-refractivity contribution < 1.29 is 5.11 Å².